The van der Waals surface area contributed by atoms with E-state index in [1.165, 1.54) is 21.0 Å². The molecule has 1 unspecified atom stereocenters. The number of amides is 1. The molecule has 1 aromatic heterocycles. The van der Waals surface area contributed by atoms with E-state index in [1.807, 2.05) is 54.2 Å². The summed E-state index contributed by atoms with van der Waals surface area (Å²) in [5, 5.41) is 0. The highest BCUT2D eigenvalue weighted by molar-refractivity contribution is 6.03. The fourth-order valence-corrected chi connectivity index (χ4v) is 3.44. The van der Waals surface area contributed by atoms with Crippen molar-refractivity contribution in [3.05, 3.63) is 65.9 Å². The Morgan fingerprint density at radius 3 is 2.28 bits per heavy atom. The molecule has 0 spiro atoms. The third-order valence-corrected chi connectivity index (χ3v) is 5.22. The van der Waals surface area contributed by atoms with Gasteiger partial charge in [0.05, 0.1) is 12.8 Å². The van der Waals surface area contributed by atoms with Crippen LogP contribution in [0.1, 0.15) is 31.4 Å². The van der Waals surface area contributed by atoms with Gasteiger partial charge in [-0.25, -0.2) is 9.78 Å². The molecule has 2 aromatic carbocycles. The van der Waals surface area contributed by atoms with Gasteiger partial charge in [0, 0.05) is 50.2 Å². The number of carbonyl (C=O) groups excluding carboxylic acids is 3. The number of aliphatic imine (C=N–C) groups is 1. The molecule has 0 aliphatic rings. The van der Waals surface area contributed by atoms with Crippen molar-refractivity contribution in [2.45, 2.75) is 33.0 Å². The zero-order chi connectivity index (χ0) is 26.2. The number of rotatable bonds is 8. The van der Waals surface area contributed by atoms with Crippen LogP contribution in [0.3, 0.4) is 0 Å². The summed E-state index contributed by atoms with van der Waals surface area (Å²) in [5.74, 6) is -0.0521. The van der Waals surface area contributed by atoms with Crippen LogP contribution in [-0.2, 0) is 37.3 Å². The van der Waals surface area contributed by atoms with Crippen LogP contribution in [0, 0.1) is 0 Å². The van der Waals surface area contributed by atoms with Gasteiger partial charge in [-0.05, 0) is 12.0 Å². The monoisotopic (exact) mass is 492 g/mol. The lowest BCUT2D eigenvalue weighted by Gasteiger charge is -2.10. The Bertz CT molecular complexity index is 1260. The molecule has 1 amide bonds. The van der Waals surface area contributed by atoms with Crippen molar-refractivity contribution in [2.24, 2.45) is 17.8 Å². The summed E-state index contributed by atoms with van der Waals surface area (Å²) in [4.78, 5) is 42.6. The first kappa shape index (κ1) is 26.1. The van der Waals surface area contributed by atoms with Crippen molar-refractivity contribution in [3.63, 3.8) is 0 Å². The number of methoxy groups -OCH3 is 1. The molecule has 0 radical (unpaired) electrons. The zero-order valence-corrected chi connectivity index (χ0v) is 20.6. The summed E-state index contributed by atoms with van der Waals surface area (Å²) in [6.45, 7) is 2.61. The number of ether oxygens (including phenoxy) is 3. The molecule has 1 heterocycles. The van der Waals surface area contributed by atoms with Crippen molar-refractivity contribution in [2.75, 3.05) is 7.11 Å². The van der Waals surface area contributed by atoms with Gasteiger partial charge in [-0.15, -0.1) is 0 Å². The van der Waals surface area contributed by atoms with Gasteiger partial charge < -0.3 is 24.5 Å². The Labute approximate surface area is 208 Å². The van der Waals surface area contributed by atoms with E-state index in [4.69, 9.17) is 20.2 Å². The van der Waals surface area contributed by atoms with E-state index in [1.54, 1.807) is 12.1 Å². The van der Waals surface area contributed by atoms with E-state index in [0.717, 1.165) is 28.2 Å². The zero-order valence-electron chi connectivity index (χ0n) is 20.6. The Morgan fingerprint density at radius 1 is 1.03 bits per heavy atom. The van der Waals surface area contributed by atoms with Crippen molar-refractivity contribution in [3.8, 4) is 22.6 Å². The van der Waals surface area contributed by atoms with Crippen LogP contribution in [0.25, 0.3) is 22.6 Å². The molecular formula is C26H28N4O6. The number of nitrogens with zero attached hydrogens (tertiary/aromatic N) is 3. The number of imidazole rings is 1. The largest absolute Gasteiger partial charge is 0.469 e. The van der Waals surface area contributed by atoms with Crippen LogP contribution >= 0.6 is 0 Å². The molecule has 10 nitrogen and oxygen atoms in total. The summed E-state index contributed by atoms with van der Waals surface area (Å²) in [6.07, 6.45) is 0.836. The fourth-order valence-electron chi connectivity index (χ4n) is 3.44. The van der Waals surface area contributed by atoms with Gasteiger partial charge in [-0.2, -0.15) is 4.99 Å². The number of benzene rings is 2. The predicted octanol–water partition coefficient (Wildman–Crippen LogP) is 3.61. The highest BCUT2D eigenvalue weighted by Crippen LogP contribution is 2.25. The van der Waals surface area contributed by atoms with Gasteiger partial charge in [0.25, 0.3) is 0 Å². The third-order valence-electron chi connectivity index (χ3n) is 5.22. The molecule has 0 fully saturated rings. The molecule has 36 heavy (non-hydrogen) atoms. The maximum Gasteiger partial charge on any atom is 0.438 e. The first-order chi connectivity index (χ1) is 17.2. The van der Waals surface area contributed by atoms with Gasteiger partial charge in [-0.1, -0.05) is 48.5 Å². The lowest BCUT2D eigenvalue weighted by Crippen LogP contribution is -2.21. The smallest absolute Gasteiger partial charge is 0.438 e. The second-order valence-electron chi connectivity index (χ2n) is 7.97. The Kier molecular flexibility index (Phi) is 8.56. The number of hydrogen-bond donors (Lipinski definition) is 1. The maximum absolute atomic E-state index is 11.9. The SMILES string of the molecule is COC(=O)CCc1ccc(-c2nc(-c3ccc(C(N)=NC(=O)OC(C)OC(C)=O)cc3)cn2C)cc1. The maximum atomic E-state index is 11.9. The number of amidine groups is 1. The van der Waals surface area contributed by atoms with Crippen molar-refractivity contribution in [1.29, 1.82) is 0 Å². The summed E-state index contributed by atoms with van der Waals surface area (Å²) >= 11 is 0. The van der Waals surface area contributed by atoms with Crippen LogP contribution in [0.2, 0.25) is 0 Å². The Hall–Kier alpha value is -4.47. The average molecular weight is 493 g/mol. The van der Waals surface area contributed by atoms with Crippen LogP contribution < -0.4 is 5.73 Å². The molecule has 188 valence electrons. The predicted molar refractivity (Wildman–Crippen MR) is 133 cm³/mol. The fraction of sp³-hybridized carbons (Fsp3) is 0.269. The average Bonchev–Trinajstić information content (AvgIpc) is 3.23. The second kappa shape index (κ2) is 11.8. The van der Waals surface area contributed by atoms with E-state index in [-0.39, 0.29) is 11.8 Å². The minimum Gasteiger partial charge on any atom is -0.469 e. The van der Waals surface area contributed by atoms with E-state index in [2.05, 4.69) is 9.73 Å². The topological polar surface area (TPSA) is 135 Å². The molecular weight excluding hydrogens is 464 g/mol. The van der Waals surface area contributed by atoms with Crippen molar-refractivity contribution >= 4 is 23.9 Å². The molecule has 0 aliphatic carbocycles. The van der Waals surface area contributed by atoms with Crippen LogP contribution in [0.4, 0.5) is 4.79 Å². The lowest BCUT2D eigenvalue weighted by molar-refractivity contribution is -0.161. The van der Waals surface area contributed by atoms with Crippen molar-refractivity contribution < 1.29 is 28.6 Å². The quantitative estimate of drug-likeness (QED) is 0.218. The van der Waals surface area contributed by atoms with Gasteiger partial charge >= 0.3 is 18.0 Å². The summed E-state index contributed by atoms with van der Waals surface area (Å²) in [5.41, 5.74) is 10.0. The number of esters is 2. The first-order valence-electron chi connectivity index (χ1n) is 11.2. The third kappa shape index (κ3) is 7.02. The number of nitrogens with two attached hydrogens (primary N) is 1. The van der Waals surface area contributed by atoms with Gasteiger partial charge in [0.1, 0.15) is 11.7 Å². The van der Waals surface area contributed by atoms with Gasteiger partial charge in [0.15, 0.2) is 0 Å². The minimum absolute atomic E-state index is 0.0319. The molecule has 3 rings (SSSR count). The van der Waals surface area contributed by atoms with Crippen molar-refractivity contribution in [1.82, 2.24) is 9.55 Å². The molecule has 0 saturated carbocycles. The summed E-state index contributed by atoms with van der Waals surface area (Å²) < 4.78 is 16.2. The van der Waals surface area contributed by atoms with Gasteiger partial charge in [0.2, 0.25) is 6.29 Å². The summed E-state index contributed by atoms with van der Waals surface area (Å²) in [6, 6.07) is 15.0. The molecule has 0 bridgehead atoms. The number of hydrogen-bond acceptors (Lipinski definition) is 7. The molecule has 2 N–H and O–H groups in total. The Balaban J connectivity index is 1.69. The number of aryl methyl sites for hydroxylation is 2. The summed E-state index contributed by atoms with van der Waals surface area (Å²) in [7, 11) is 3.30. The van der Waals surface area contributed by atoms with E-state index in [9.17, 15) is 14.4 Å². The molecule has 3 aromatic rings. The van der Waals surface area contributed by atoms with E-state index in [0.29, 0.717) is 18.4 Å². The Morgan fingerprint density at radius 2 is 1.67 bits per heavy atom. The van der Waals surface area contributed by atoms with Crippen LogP contribution in [0.5, 0.6) is 0 Å². The van der Waals surface area contributed by atoms with E-state index >= 15 is 0 Å². The minimum atomic E-state index is -1.07. The van der Waals surface area contributed by atoms with Crippen LogP contribution in [-0.4, -0.2) is 46.8 Å². The highest BCUT2D eigenvalue weighted by Gasteiger charge is 2.13. The van der Waals surface area contributed by atoms with Gasteiger partial charge in [-0.3, -0.25) is 9.59 Å². The normalized spacial score (nSPS) is 12.1. The number of aromatic nitrogens is 2. The lowest BCUT2D eigenvalue weighted by atomic mass is 10.1. The molecule has 1 atom stereocenters. The van der Waals surface area contributed by atoms with Crippen LogP contribution in [0.15, 0.2) is 59.7 Å². The highest BCUT2D eigenvalue weighted by atomic mass is 16.7. The molecule has 0 saturated heterocycles. The second-order valence-corrected chi connectivity index (χ2v) is 7.97. The molecule has 0 aliphatic heterocycles. The standard InChI is InChI=1S/C26H28N4O6/c1-16(31)35-17(2)36-26(33)29-24(27)20-12-10-19(11-13-20)22-15-30(3)25(28-22)21-8-5-18(6-9-21)7-14-23(32)34-4/h5-6,8-13,15,17H,7,14H2,1-4H3,(H2,27,29,33). The molecule has 10 heteroatoms. The van der Waals surface area contributed by atoms with E-state index < -0.39 is 18.4 Å². The number of carbonyl (C=O) groups is 3. The first-order valence-corrected chi connectivity index (χ1v) is 11.2.